The first-order valence-corrected chi connectivity index (χ1v) is 43.1. The number of benzene rings is 5. The smallest absolute Gasteiger partial charge is 0.335 e. The molecule has 35 heteroatoms. The van der Waals surface area contributed by atoms with Gasteiger partial charge in [0, 0.05) is 78.9 Å². The molecule has 682 valence electrons. The molecule has 12 heterocycles. The van der Waals surface area contributed by atoms with Gasteiger partial charge in [0.2, 0.25) is 23.6 Å². The van der Waals surface area contributed by atoms with Crippen molar-refractivity contribution in [3.8, 4) is 11.5 Å². The quantitative estimate of drug-likeness (QED) is 0.0321. The normalized spacial score (nSPS) is 26.9. The number of aliphatic hydroxyl groups is 2. The predicted octanol–water partition coefficient (Wildman–Crippen LogP) is 6.71. The third kappa shape index (κ3) is 17.9. The van der Waals surface area contributed by atoms with Crippen molar-refractivity contribution in [2.75, 3.05) is 34.9 Å². The maximum absolute atomic E-state index is 13.3. The Balaban J connectivity index is 0.000000138. The Hall–Kier alpha value is -11.7. The van der Waals surface area contributed by atoms with Crippen LogP contribution in [0.1, 0.15) is 161 Å². The highest BCUT2D eigenvalue weighted by atomic mass is 35.5. The number of halogens is 1. The average molecular weight is 1780 g/mol. The van der Waals surface area contributed by atoms with Crippen LogP contribution in [0, 0.1) is 45.4 Å². The molecule has 128 heavy (non-hydrogen) atoms. The Bertz CT molecular complexity index is 6030. The SMILES string of the molecule is CC[C@]12CC(=O)N(C)[C@@H](C1C)[C@H](n1cc(C)c(=O)n(COCc3ccccc3)c1=O)O2.CC[C@]12CC(=O)N[C@@H](C1C)[C@H](n1cc(C)c(=O)[nH]c1=O)O2.CC[C@]12CC(=O)N[C@@H](C1C)[C@H](n1cc(C)c(=O)n(COCc3ccccc3)c1=O)O2.COc1ccc(C(Cl)(c2ccccc2)c2ccc(OC)cc2)cc1.Cc1cn([C@@H]2O[C@@]3(CO)CC(=O)N(C)[C@H]2C3O)c(=O)[nH]c1=O. The second-order valence-corrected chi connectivity index (χ2v) is 34.6. The molecule has 6 N–H and O–H groups in total. The van der Waals surface area contributed by atoms with E-state index in [1.165, 1.54) is 57.4 Å². The van der Waals surface area contributed by atoms with Gasteiger partial charge >= 0.3 is 22.8 Å². The number of hydrogen-bond acceptors (Lipinski definition) is 22. The third-order valence-electron chi connectivity index (χ3n) is 26.7. The summed E-state index contributed by atoms with van der Waals surface area (Å²) in [6, 6.07) is 43.2. The minimum Gasteiger partial charge on any atom is -0.497 e. The molecule has 4 aromatic heterocycles. The summed E-state index contributed by atoms with van der Waals surface area (Å²) < 4.78 is 54.0. The summed E-state index contributed by atoms with van der Waals surface area (Å²) in [4.78, 5) is 154. The molecule has 5 aromatic carbocycles. The Labute approximate surface area is 741 Å². The van der Waals surface area contributed by atoms with Crippen molar-refractivity contribution >= 4 is 35.2 Å². The van der Waals surface area contributed by atoms with Crippen molar-refractivity contribution in [3.63, 3.8) is 0 Å². The van der Waals surface area contributed by atoms with Gasteiger partial charge in [-0.25, -0.2) is 28.3 Å². The van der Waals surface area contributed by atoms with E-state index in [-0.39, 0.29) is 99.0 Å². The number of alkyl halides is 1. The molecule has 4 unspecified atom stereocenters. The average Bonchev–Trinajstić information content (AvgIpc) is 1.70. The van der Waals surface area contributed by atoms with Crippen LogP contribution >= 0.6 is 11.6 Å². The highest BCUT2D eigenvalue weighted by Crippen LogP contribution is 2.53. The molecule has 8 fully saturated rings. The monoisotopic (exact) mass is 1780 g/mol. The number of aryl methyl sites for hydroxylation is 4. The van der Waals surface area contributed by atoms with E-state index in [1.807, 2.05) is 174 Å². The van der Waals surface area contributed by atoms with Crippen molar-refractivity contribution in [2.45, 2.75) is 223 Å². The van der Waals surface area contributed by atoms with Gasteiger partial charge in [0.05, 0.1) is 94.7 Å². The van der Waals surface area contributed by atoms with Crippen LogP contribution in [0.4, 0.5) is 0 Å². The second-order valence-electron chi connectivity index (χ2n) is 34.0. The number of nitrogens with zero attached hydrogens (tertiary/aromatic N) is 8. The number of amides is 4. The van der Waals surface area contributed by atoms with Crippen LogP contribution in [0.5, 0.6) is 11.5 Å². The van der Waals surface area contributed by atoms with Gasteiger partial charge < -0.3 is 68.5 Å². The molecule has 8 aliphatic heterocycles. The maximum Gasteiger partial charge on any atom is 0.335 e. The van der Waals surface area contributed by atoms with E-state index < -0.39 is 116 Å². The molecule has 4 amide bonds. The summed E-state index contributed by atoms with van der Waals surface area (Å²) in [7, 11) is 6.57. The van der Waals surface area contributed by atoms with Crippen LogP contribution in [0.2, 0.25) is 0 Å². The first-order chi connectivity index (χ1) is 61.0. The topological polar surface area (TPSA) is 411 Å². The summed E-state index contributed by atoms with van der Waals surface area (Å²) in [5.41, 5.74) is -0.643. The number of H-pyrrole nitrogens is 2. The van der Waals surface area contributed by atoms with Crippen molar-refractivity contribution < 1.29 is 67.3 Å². The van der Waals surface area contributed by atoms with E-state index in [9.17, 15) is 67.7 Å². The second kappa shape index (κ2) is 38.3. The molecule has 9 aromatic rings. The molecule has 0 radical (unpaired) electrons. The zero-order valence-electron chi connectivity index (χ0n) is 74.0. The number of methoxy groups -OCH3 is 2. The number of aliphatic hydroxyl groups excluding tert-OH is 2. The van der Waals surface area contributed by atoms with E-state index in [0.29, 0.717) is 54.4 Å². The van der Waals surface area contributed by atoms with E-state index in [1.54, 1.807) is 46.9 Å². The predicted molar refractivity (Wildman–Crippen MR) is 470 cm³/mol. The molecule has 8 bridgehead atoms. The van der Waals surface area contributed by atoms with Gasteiger partial charge in [0.1, 0.15) is 47.6 Å². The van der Waals surface area contributed by atoms with Gasteiger partial charge in [-0.15, -0.1) is 11.6 Å². The van der Waals surface area contributed by atoms with Crippen molar-refractivity contribution in [2.24, 2.45) is 17.8 Å². The summed E-state index contributed by atoms with van der Waals surface area (Å²) >= 11 is 7.22. The number of likely N-dealkylation sites (tertiary alicyclic amines) is 2. The van der Waals surface area contributed by atoms with Gasteiger partial charge in [-0.2, -0.15) is 0 Å². The van der Waals surface area contributed by atoms with Crippen LogP contribution in [0.25, 0.3) is 0 Å². The fourth-order valence-corrected chi connectivity index (χ4v) is 19.2. The Morgan fingerprint density at radius 3 is 1.20 bits per heavy atom. The molecule has 0 saturated carbocycles. The summed E-state index contributed by atoms with van der Waals surface area (Å²) in [5, 5.41) is 25.9. The summed E-state index contributed by atoms with van der Waals surface area (Å²) in [6.07, 6.45) is 4.58. The summed E-state index contributed by atoms with van der Waals surface area (Å²) in [5.74, 6) is 1.41. The molecular formula is C93H111ClN12O22. The Morgan fingerprint density at radius 1 is 0.445 bits per heavy atom. The van der Waals surface area contributed by atoms with Crippen LogP contribution < -0.4 is 65.1 Å². The van der Waals surface area contributed by atoms with Crippen molar-refractivity contribution in [3.05, 3.63) is 298 Å². The number of fused-ring (bicyclic) bond motifs is 8. The van der Waals surface area contributed by atoms with E-state index in [0.717, 1.165) is 53.0 Å². The lowest BCUT2D eigenvalue weighted by Gasteiger charge is -2.40. The molecule has 8 aliphatic rings. The largest absolute Gasteiger partial charge is 0.497 e. The first kappa shape index (κ1) is 93.9. The molecule has 0 aliphatic carbocycles. The number of likely N-dealkylation sites (N-methyl/N-ethyl adjacent to an activating group) is 2. The van der Waals surface area contributed by atoms with Crippen LogP contribution in [-0.4, -0.2) is 169 Å². The lowest BCUT2D eigenvalue weighted by atomic mass is 9.77. The van der Waals surface area contributed by atoms with Gasteiger partial charge in [-0.05, 0) is 99.0 Å². The number of carbonyl (C=O) groups is 4. The molecule has 34 nitrogen and oxygen atoms in total. The van der Waals surface area contributed by atoms with Crippen LogP contribution in [0.3, 0.4) is 0 Å². The number of ether oxygens (including phenoxy) is 8. The number of aromatic nitrogens is 8. The lowest BCUT2D eigenvalue weighted by Crippen LogP contribution is -2.59. The number of carbonyl (C=O) groups excluding carboxylic acids is 4. The number of aromatic amines is 2. The lowest BCUT2D eigenvalue weighted by molar-refractivity contribution is -0.158. The van der Waals surface area contributed by atoms with Crippen molar-refractivity contribution in [1.29, 1.82) is 0 Å². The standard InChI is InChI=1S/C23H29N3O5.C22H27N3O5.C21H19ClO2.C14H19N3O4.C13H17N3O6/c1-5-23-11-18(27)24(4)19(16(23)3)21(31-23)25-12-15(2)20(28)26(22(25)29)14-30-13-17-9-7-6-8-10-17;1-4-22-10-17(26)23-18(15(22)3)20(30-22)24-11-14(2)19(27)25(21(24)28)13-29-12-16-8-6-5-7-9-16;1-23-19-12-8-17(9-13-19)21(22,16-6-4-3-5-7-16)18-10-14-20(24-2)15-11-18;1-4-14-5-9(18)15-10(8(14)3)12(21-14)17-6-7(2)11(19)16-13(17)20;1-6-4-16(12(21)14-10(6)20)11-8-9(19)13(5-17,22-11)3-7(18)15(8)2/h6-10,12,16,19,21H,5,11,13-14H2,1-4H3;5-9,11,15,18,20H,4,10,12-13H2,1-3H3,(H,23,26);3-15H,1-2H3;6,8,10,12H,4-5H2,1-3H3,(H,15,18)(H,16,19,20);4,8-9,11,17,19H,3,5H2,1-2H3,(H,14,20,21)/t16?,19-,21+,23-;15?,18-,20+,22-;;8?,10-,12+,14-;8-,9?,11+,13+/m00.00/s1. The van der Waals surface area contributed by atoms with Gasteiger partial charge in [-0.3, -0.25) is 66.6 Å². The van der Waals surface area contributed by atoms with Crippen molar-refractivity contribution in [1.82, 2.24) is 57.8 Å². The minimum atomic E-state index is -1.43. The minimum absolute atomic E-state index is 0.0109. The number of rotatable bonds is 21. The van der Waals surface area contributed by atoms with E-state index in [2.05, 4.69) is 27.5 Å². The van der Waals surface area contributed by atoms with Gasteiger partial charge in [0.25, 0.3) is 22.2 Å². The van der Waals surface area contributed by atoms with Gasteiger partial charge in [0.15, 0.2) is 24.9 Å². The third-order valence-corrected chi connectivity index (χ3v) is 27.4. The number of hydrogen-bond donors (Lipinski definition) is 6. The molecular weight excluding hydrogens is 1670 g/mol. The maximum atomic E-state index is 13.3. The fourth-order valence-electron chi connectivity index (χ4n) is 18.8. The molecule has 8 saturated heterocycles. The number of piperidine rings is 4. The Kier molecular flexibility index (Phi) is 28.1. The highest BCUT2D eigenvalue weighted by Gasteiger charge is 2.64. The van der Waals surface area contributed by atoms with Crippen LogP contribution in [-0.2, 0) is 79.1 Å². The summed E-state index contributed by atoms with van der Waals surface area (Å²) in [6.45, 7) is 18.3. The van der Waals surface area contributed by atoms with E-state index in [4.69, 9.17) is 49.5 Å². The van der Waals surface area contributed by atoms with E-state index >= 15 is 0 Å². The van der Waals surface area contributed by atoms with Gasteiger partial charge in [-0.1, -0.05) is 157 Å². The Morgan fingerprint density at radius 2 is 0.789 bits per heavy atom. The molecule has 0 spiro atoms. The zero-order chi connectivity index (χ0) is 92.4. The highest BCUT2D eigenvalue weighted by molar-refractivity contribution is 6.28. The van der Waals surface area contributed by atoms with Crippen LogP contribution in [0.15, 0.2) is 203 Å². The number of nitrogens with one attached hydrogen (secondary N) is 4. The first-order valence-electron chi connectivity index (χ1n) is 42.7. The zero-order valence-corrected chi connectivity index (χ0v) is 74.8. The fraction of sp³-hybridized carbons (Fsp3) is 0.462. The molecule has 17 rings (SSSR count). The molecule has 16 atom stereocenters.